The quantitative estimate of drug-likeness (QED) is 0.625. The van der Waals surface area contributed by atoms with E-state index in [0.29, 0.717) is 17.1 Å². The van der Waals surface area contributed by atoms with Gasteiger partial charge in [0, 0.05) is 29.8 Å². The van der Waals surface area contributed by atoms with Crippen LogP contribution in [0, 0.1) is 10.1 Å². The maximum absolute atomic E-state index is 10.9. The van der Waals surface area contributed by atoms with Gasteiger partial charge < -0.3 is 0 Å². The van der Waals surface area contributed by atoms with Crippen LogP contribution in [0.4, 0.5) is 5.69 Å². The maximum Gasteiger partial charge on any atom is 0.270 e. The Kier molecular flexibility index (Phi) is 3.24. The number of nitro groups is 1. The third-order valence-corrected chi connectivity index (χ3v) is 3.67. The van der Waals surface area contributed by atoms with Gasteiger partial charge in [0.05, 0.1) is 15.7 Å². The number of hydrogen-bond acceptors (Lipinski definition) is 3. The summed E-state index contributed by atoms with van der Waals surface area (Å²) in [6, 6.07) is 12.4. The molecular formula is C15H11ClN2O2. The number of non-ortho nitro benzene ring substituents is 1. The molecule has 0 atom stereocenters. The van der Waals surface area contributed by atoms with Crippen LogP contribution >= 0.6 is 11.6 Å². The number of aliphatic imine (C=N–C) groups is 1. The Morgan fingerprint density at radius 1 is 1.15 bits per heavy atom. The van der Waals surface area contributed by atoms with E-state index in [-0.39, 0.29) is 5.69 Å². The molecule has 0 fully saturated rings. The molecule has 0 N–H and O–H groups in total. The highest BCUT2D eigenvalue weighted by Gasteiger charge is 2.19. The van der Waals surface area contributed by atoms with Crippen LogP contribution in [0.2, 0.25) is 5.02 Å². The summed E-state index contributed by atoms with van der Waals surface area (Å²) in [6.07, 6.45) is 0.881. The molecular weight excluding hydrogens is 276 g/mol. The molecule has 20 heavy (non-hydrogen) atoms. The number of hydrogen-bond donors (Lipinski definition) is 0. The van der Waals surface area contributed by atoms with Gasteiger partial charge in [-0.15, -0.1) is 0 Å². The normalized spacial score (nSPS) is 13.6. The molecule has 0 aliphatic carbocycles. The Morgan fingerprint density at radius 3 is 2.75 bits per heavy atom. The van der Waals surface area contributed by atoms with Crippen LogP contribution in [0.15, 0.2) is 47.5 Å². The molecule has 0 saturated carbocycles. The molecule has 100 valence electrons. The molecule has 1 heterocycles. The lowest BCUT2D eigenvalue weighted by Crippen LogP contribution is -2.14. The van der Waals surface area contributed by atoms with Crippen LogP contribution in [-0.4, -0.2) is 17.2 Å². The molecule has 0 spiro atoms. The average Bonchev–Trinajstić information content (AvgIpc) is 2.47. The van der Waals surface area contributed by atoms with Gasteiger partial charge in [0.25, 0.3) is 5.69 Å². The Hall–Kier alpha value is -2.20. The topological polar surface area (TPSA) is 55.5 Å². The standard InChI is InChI=1S/C15H11ClN2O2/c16-14-6-5-11(18(19)20)9-13(14)15-12-4-2-1-3-10(12)7-8-17-15/h1-6,9H,7-8H2. The number of nitro benzene ring substituents is 1. The van der Waals surface area contributed by atoms with E-state index in [0.717, 1.165) is 17.7 Å². The number of fused-ring (bicyclic) bond motifs is 1. The molecule has 0 saturated heterocycles. The molecule has 4 nitrogen and oxygen atoms in total. The zero-order valence-electron chi connectivity index (χ0n) is 10.5. The first kappa shape index (κ1) is 12.8. The lowest BCUT2D eigenvalue weighted by molar-refractivity contribution is -0.384. The molecule has 1 aliphatic heterocycles. The molecule has 2 aromatic carbocycles. The molecule has 2 aromatic rings. The summed E-state index contributed by atoms with van der Waals surface area (Å²) < 4.78 is 0. The van der Waals surface area contributed by atoms with Crippen molar-refractivity contribution in [3.63, 3.8) is 0 Å². The first-order chi connectivity index (χ1) is 9.66. The van der Waals surface area contributed by atoms with E-state index in [1.807, 2.05) is 18.2 Å². The Labute approximate surface area is 120 Å². The highest BCUT2D eigenvalue weighted by atomic mass is 35.5. The van der Waals surface area contributed by atoms with Gasteiger partial charge in [-0.05, 0) is 18.1 Å². The Bertz CT molecular complexity index is 726. The van der Waals surface area contributed by atoms with E-state index in [2.05, 4.69) is 11.1 Å². The molecule has 0 unspecified atom stereocenters. The Morgan fingerprint density at radius 2 is 1.95 bits per heavy atom. The molecule has 3 rings (SSSR count). The van der Waals surface area contributed by atoms with Gasteiger partial charge in [0.15, 0.2) is 0 Å². The predicted octanol–water partition coefficient (Wildman–Crippen LogP) is 3.64. The third kappa shape index (κ3) is 2.18. The highest BCUT2D eigenvalue weighted by Crippen LogP contribution is 2.28. The van der Waals surface area contributed by atoms with Crippen molar-refractivity contribution in [2.24, 2.45) is 4.99 Å². The molecule has 0 radical (unpaired) electrons. The van der Waals surface area contributed by atoms with E-state index in [1.54, 1.807) is 6.07 Å². The third-order valence-electron chi connectivity index (χ3n) is 3.34. The minimum atomic E-state index is -0.422. The summed E-state index contributed by atoms with van der Waals surface area (Å²) in [4.78, 5) is 15.0. The highest BCUT2D eigenvalue weighted by molar-refractivity contribution is 6.35. The second-order valence-corrected chi connectivity index (χ2v) is 4.97. The van der Waals surface area contributed by atoms with E-state index in [1.165, 1.54) is 17.7 Å². The predicted molar refractivity (Wildman–Crippen MR) is 78.8 cm³/mol. The molecule has 0 aromatic heterocycles. The summed E-state index contributed by atoms with van der Waals surface area (Å²) in [5.41, 5.74) is 3.57. The van der Waals surface area contributed by atoms with Crippen molar-refractivity contribution in [1.29, 1.82) is 0 Å². The first-order valence-corrected chi connectivity index (χ1v) is 6.61. The number of halogens is 1. The lowest BCUT2D eigenvalue weighted by Gasteiger charge is -2.17. The van der Waals surface area contributed by atoms with Gasteiger partial charge in [-0.3, -0.25) is 15.1 Å². The molecule has 0 amide bonds. The summed E-state index contributed by atoms with van der Waals surface area (Å²) in [5, 5.41) is 11.4. The van der Waals surface area contributed by atoms with Crippen molar-refractivity contribution >= 4 is 23.0 Å². The fraction of sp³-hybridized carbons (Fsp3) is 0.133. The van der Waals surface area contributed by atoms with E-state index >= 15 is 0 Å². The largest absolute Gasteiger partial charge is 0.284 e. The number of rotatable bonds is 2. The summed E-state index contributed by atoms with van der Waals surface area (Å²) >= 11 is 6.20. The summed E-state index contributed by atoms with van der Waals surface area (Å²) in [6.45, 7) is 0.672. The average molecular weight is 287 g/mol. The number of benzene rings is 2. The Balaban J connectivity index is 2.16. The smallest absolute Gasteiger partial charge is 0.270 e. The van der Waals surface area contributed by atoms with Crippen molar-refractivity contribution < 1.29 is 4.92 Å². The van der Waals surface area contributed by atoms with Crippen molar-refractivity contribution in [2.45, 2.75) is 6.42 Å². The zero-order chi connectivity index (χ0) is 14.1. The van der Waals surface area contributed by atoms with Crippen LogP contribution in [0.1, 0.15) is 16.7 Å². The van der Waals surface area contributed by atoms with Gasteiger partial charge in [-0.1, -0.05) is 35.9 Å². The fourth-order valence-electron chi connectivity index (χ4n) is 2.38. The van der Waals surface area contributed by atoms with E-state index in [4.69, 9.17) is 11.6 Å². The van der Waals surface area contributed by atoms with Gasteiger partial charge in [0.2, 0.25) is 0 Å². The van der Waals surface area contributed by atoms with Gasteiger partial charge in [-0.25, -0.2) is 0 Å². The van der Waals surface area contributed by atoms with Gasteiger partial charge >= 0.3 is 0 Å². The van der Waals surface area contributed by atoms with Crippen LogP contribution in [0.5, 0.6) is 0 Å². The van der Waals surface area contributed by atoms with Crippen LogP contribution in [-0.2, 0) is 6.42 Å². The summed E-state index contributed by atoms with van der Waals surface area (Å²) in [7, 11) is 0. The second-order valence-electron chi connectivity index (χ2n) is 4.56. The number of nitrogens with zero attached hydrogens (tertiary/aromatic N) is 2. The minimum Gasteiger partial charge on any atom is -0.284 e. The lowest BCUT2D eigenvalue weighted by atomic mass is 9.93. The molecule has 5 heteroatoms. The summed E-state index contributed by atoms with van der Waals surface area (Å²) in [5.74, 6) is 0. The van der Waals surface area contributed by atoms with E-state index in [9.17, 15) is 10.1 Å². The maximum atomic E-state index is 10.9. The van der Waals surface area contributed by atoms with Crippen LogP contribution in [0.25, 0.3) is 0 Å². The zero-order valence-corrected chi connectivity index (χ0v) is 11.3. The van der Waals surface area contributed by atoms with Crippen LogP contribution < -0.4 is 0 Å². The first-order valence-electron chi connectivity index (χ1n) is 6.24. The van der Waals surface area contributed by atoms with Gasteiger partial charge in [0.1, 0.15) is 0 Å². The molecule has 1 aliphatic rings. The second kappa shape index (κ2) is 5.06. The minimum absolute atomic E-state index is 0.0233. The fourth-order valence-corrected chi connectivity index (χ4v) is 2.59. The van der Waals surface area contributed by atoms with Crippen molar-refractivity contribution in [3.8, 4) is 0 Å². The van der Waals surface area contributed by atoms with Crippen molar-refractivity contribution in [2.75, 3.05) is 6.54 Å². The van der Waals surface area contributed by atoms with Crippen LogP contribution in [0.3, 0.4) is 0 Å². The van der Waals surface area contributed by atoms with Crippen molar-refractivity contribution in [3.05, 3.63) is 74.3 Å². The SMILES string of the molecule is O=[N+]([O-])c1ccc(Cl)c(C2=NCCc3ccccc32)c1. The van der Waals surface area contributed by atoms with Crippen molar-refractivity contribution in [1.82, 2.24) is 0 Å². The monoisotopic (exact) mass is 286 g/mol. The van der Waals surface area contributed by atoms with Gasteiger partial charge in [-0.2, -0.15) is 0 Å². The van der Waals surface area contributed by atoms with E-state index < -0.39 is 4.92 Å². The molecule has 0 bridgehead atoms.